The van der Waals surface area contributed by atoms with Crippen molar-refractivity contribution in [1.29, 1.82) is 5.26 Å². The Kier molecular flexibility index (Phi) is 5.42. The van der Waals surface area contributed by atoms with Gasteiger partial charge in [0.1, 0.15) is 6.61 Å². The van der Waals surface area contributed by atoms with Gasteiger partial charge in [0.05, 0.1) is 18.2 Å². The number of nitrogens with one attached hydrogen (secondary N) is 1. The maximum absolute atomic E-state index is 12.3. The van der Waals surface area contributed by atoms with Gasteiger partial charge in [0.25, 0.3) is 0 Å². The lowest BCUT2D eigenvalue weighted by Gasteiger charge is -2.34. The van der Waals surface area contributed by atoms with Gasteiger partial charge in [0.15, 0.2) is 0 Å². The number of hydrogen-bond donors (Lipinski definition) is 1. The number of nitrogens with zero attached hydrogens (tertiary/aromatic N) is 2. The predicted molar refractivity (Wildman–Crippen MR) is 84.5 cm³/mol. The van der Waals surface area contributed by atoms with Crippen LogP contribution in [-0.4, -0.2) is 36.2 Å². The smallest absolute Gasteiger partial charge is 0.410 e. The number of amides is 1. The summed E-state index contributed by atoms with van der Waals surface area (Å²) in [6, 6.07) is 11.7. The fourth-order valence-electron chi connectivity index (χ4n) is 3.03. The Morgan fingerprint density at radius 2 is 2.18 bits per heavy atom. The molecule has 0 spiro atoms. The summed E-state index contributed by atoms with van der Waals surface area (Å²) in [5.74, 6) is 0. The van der Waals surface area contributed by atoms with Crippen LogP contribution < -0.4 is 5.32 Å². The Balaban J connectivity index is 0.00000176. The van der Waals surface area contributed by atoms with Gasteiger partial charge >= 0.3 is 6.09 Å². The van der Waals surface area contributed by atoms with Gasteiger partial charge in [-0.1, -0.05) is 30.3 Å². The van der Waals surface area contributed by atoms with Crippen LogP contribution in [0.15, 0.2) is 42.0 Å². The Bertz CT molecular complexity index is 597. The average Bonchev–Trinajstić information content (AvgIpc) is 2.72. The second-order valence-electron chi connectivity index (χ2n) is 5.33. The molecule has 0 aromatic heterocycles. The van der Waals surface area contributed by atoms with Crippen molar-refractivity contribution in [2.45, 2.75) is 25.1 Å². The summed E-state index contributed by atoms with van der Waals surface area (Å²) >= 11 is 0. The lowest BCUT2D eigenvalue weighted by atomic mass is 10.1. The SMILES string of the molecule is Cl.N#C/C=C1/C[C@@H]2CNC[C@H]1N2C(=O)OCc1ccccc1. The zero-order valence-electron chi connectivity index (χ0n) is 12.1. The highest BCUT2D eigenvalue weighted by molar-refractivity contribution is 5.85. The molecule has 2 heterocycles. The van der Waals surface area contributed by atoms with E-state index in [-0.39, 0.29) is 37.2 Å². The summed E-state index contributed by atoms with van der Waals surface area (Å²) in [4.78, 5) is 14.1. The monoisotopic (exact) mass is 319 g/mol. The first-order chi connectivity index (χ1) is 10.3. The zero-order valence-corrected chi connectivity index (χ0v) is 12.9. The number of carbonyl (C=O) groups is 1. The van der Waals surface area contributed by atoms with E-state index in [1.54, 1.807) is 11.0 Å². The van der Waals surface area contributed by atoms with Crippen molar-refractivity contribution in [1.82, 2.24) is 10.2 Å². The lowest BCUT2D eigenvalue weighted by Crippen LogP contribution is -2.54. The third kappa shape index (κ3) is 3.24. The molecule has 2 bridgehead atoms. The van der Waals surface area contributed by atoms with Gasteiger partial charge in [0.2, 0.25) is 0 Å². The fourth-order valence-corrected chi connectivity index (χ4v) is 3.03. The summed E-state index contributed by atoms with van der Waals surface area (Å²) in [7, 11) is 0. The van der Waals surface area contributed by atoms with Crippen molar-refractivity contribution in [2.24, 2.45) is 0 Å². The Hall–Kier alpha value is -2.03. The summed E-state index contributed by atoms with van der Waals surface area (Å²) in [5, 5.41) is 12.1. The summed E-state index contributed by atoms with van der Waals surface area (Å²) in [5.41, 5.74) is 1.99. The van der Waals surface area contributed by atoms with Crippen molar-refractivity contribution >= 4 is 18.5 Å². The van der Waals surface area contributed by atoms with E-state index in [0.29, 0.717) is 6.54 Å². The molecule has 2 aliphatic heterocycles. The normalized spacial score (nSPS) is 24.5. The lowest BCUT2D eigenvalue weighted by molar-refractivity contribution is 0.0715. The molecule has 0 saturated carbocycles. The molecule has 2 aliphatic rings. The molecular formula is C16H18ClN3O2. The highest BCUT2D eigenvalue weighted by atomic mass is 35.5. The molecular weight excluding hydrogens is 302 g/mol. The van der Waals surface area contributed by atoms with E-state index in [1.165, 1.54) is 0 Å². The Morgan fingerprint density at radius 1 is 1.41 bits per heavy atom. The molecule has 0 aliphatic carbocycles. The number of hydrogen-bond acceptors (Lipinski definition) is 4. The minimum absolute atomic E-state index is 0. The molecule has 5 nitrogen and oxygen atoms in total. The topological polar surface area (TPSA) is 65.4 Å². The average molecular weight is 320 g/mol. The third-order valence-corrected chi connectivity index (χ3v) is 4.01. The minimum atomic E-state index is -0.295. The third-order valence-electron chi connectivity index (χ3n) is 4.01. The van der Waals surface area contributed by atoms with Crippen LogP contribution >= 0.6 is 12.4 Å². The van der Waals surface area contributed by atoms with Crippen molar-refractivity contribution in [3.8, 4) is 6.07 Å². The van der Waals surface area contributed by atoms with Crippen LogP contribution in [0.4, 0.5) is 4.79 Å². The summed E-state index contributed by atoms with van der Waals surface area (Å²) in [6.07, 6.45) is 2.03. The molecule has 0 radical (unpaired) electrons. The minimum Gasteiger partial charge on any atom is -0.445 e. The van der Waals surface area contributed by atoms with Gasteiger partial charge in [-0.3, -0.25) is 4.90 Å². The van der Waals surface area contributed by atoms with Crippen molar-refractivity contribution in [3.63, 3.8) is 0 Å². The quantitative estimate of drug-likeness (QED) is 0.849. The number of halogens is 1. The largest absolute Gasteiger partial charge is 0.445 e. The summed E-state index contributed by atoms with van der Waals surface area (Å²) in [6.45, 7) is 1.71. The van der Waals surface area contributed by atoms with Crippen LogP contribution in [0.3, 0.4) is 0 Å². The second-order valence-corrected chi connectivity index (χ2v) is 5.33. The number of nitriles is 1. The molecule has 1 aromatic carbocycles. The van der Waals surface area contributed by atoms with Crippen molar-refractivity contribution in [2.75, 3.05) is 13.1 Å². The van der Waals surface area contributed by atoms with Crippen LogP contribution in [0.1, 0.15) is 12.0 Å². The van der Waals surface area contributed by atoms with Crippen LogP contribution in [-0.2, 0) is 11.3 Å². The van der Waals surface area contributed by atoms with E-state index in [4.69, 9.17) is 10.00 Å². The molecule has 2 atom stereocenters. The number of fused-ring (bicyclic) bond motifs is 2. The molecule has 2 fully saturated rings. The van der Waals surface area contributed by atoms with Gasteiger partial charge in [-0.2, -0.15) is 5.26 Å². The number of carbonyl (C=O) groups excluding carboxylic acids is 1. The number of ether oxygens (including phenoxy) is 1. The van der Waals surface area contributed by atoms with Crippen LogP contribution in [0.5, 0.6) is 0 Å². The Labute approximate surface area is 136 Å². The van der Waals surface area contributed by atoms with Crippen molar-refractivity contribution in [3.05, 3.63) is 47.5 Å². The molecule has 1 amide bonds. The number of rotatable bonds is 2. The molecule has 116 valence electrons. The maximum atomic E-state index is 12.3. The summed E-state index contributed by atoms with van der Waals surface area (Å²) < 4.78 is 5.42. The molecule has 22 heavy (non-hydrogen) atoms. The molecule has 2 saturated heterocycles. The standard InChI is InChI=1S/C16H17N3O2.ClH/c17-7-6-13-8-14-9-18-10-15(13)19(14)16(20)21-11-12-4-2-1-3-5-12;/h1-6,14-15,18H,8-11H2;1H/b13-6-;/t14-,15-;/m1./s1. The molecule has 3 rings (SSSR count). The van der Waals surface area contributed by atoms with Gasteiger partial charge < -0.3 is 10.1 Å². The fraction of sp³-hybridized carbons (Fsp3) is 0.375. The molecule has 6 heteroatoms. The number of piperazine rings is 1. The molecule has 0 unspecified atom stereocenters. The van der Waals surface area contributed by atoms with Gasteiger partial charge in [-0.25, -0.2) is 4.79 Å². The van der Waals surface area contributed by atoms with E-state index >= 15 is 0 Å². The number of benzene rings is 1. The molecule has 1 N–H and O–H groups in total. The van der Waals surface area contributed by atoms with E-state index in [1.807, 2.05) is 30.3 Å². The van der Waals surface area contributed by atoms with Crippen molar-refractivity contribution < 1.29 is 9.53 Å². The van der Waals surface area contributed by atoms with E-state index in [0.717, 1.165) is 24.1 Å². The highest BCUT2D eigenvalue weighted by Crippen LogP contribution is 2.32. The predicted octanol–water partition coefficient (Wildman–Crippen LogP) is 2.24. The van der Waals surface area contributed by atoms with Gasteiger partial charge in [-0.05, 0) is 17.6 Å². The van der Waals surface area contributed by atoms with Gasteiger partial charge in [0, 0.05) is 19.2 Å². The molecule has 1 aromatic rings. The highest BCUT2D eigenvalue weighted by Gasteiger charge is 2.43. The first-order valence-electron chi connectivity index (χ1n) is 7.08. The second kappa shape index (κ2) is 7.30. The van der Waals surface area contributed by atoms with Crippen LogP contribution in [0.2, 0.25) is 0 Å². The van der Waals surface area contributed by atoms with Crippen LogP contribution in [0.25, 0.3) is 0 Å². The van der Waals surface area contributed by atoms with E-state index in [9.17, 15) is 4.79 Å². The van der Waals surface area contributed by atoms with E-state index in [2.05, 4.69) is 11.4 Å². The maximum Gasteiger partial charge on any atom is 0.410 e. The first-order valence-corrected chi connectivity index (χ1v) is 7.08. The van der Waals surface area contributed by atoms with E-state index < -0.39 is 0 Å². The van der Waals surface area contributed by atoms with Gasteiger partial charge in [-0.15, -0.1) is 12.4 Å². The first kappa shape index (κ1) is 16.3. The van der Waals surface area contributed by atoms with Crippen LogP contribution in [0, 0.1) is 11.3 Å². The zero-order chi connectivity index (χ0) is 14.7. The number of allylic oxidation sites excluding steroid dienone is 1. The Morgan fingerprint density at radius 3 is 2.91 bits per heavy atom.